The van der Waals surface area contributed by atoms with E-state index in [0.29, 0.717) is 29.5 Å². The number of urea groups is 1. The van der Waals surface area contributed by atoms with Crippen LogP contribution in [0.4, 0.5) is 10.5 Å². The minimum Gasteiger partial charge on any atom is -0.495 e. The van der Waals surface area contributed by atoms with Crippen molar-refractivity contribution in [2.24, 2.45) is 5.92 Å². The first-order chi connectivity index (χ1) is 9.55. The number of anilines is 1. The summed E-state index contributed by atoms with van der Waals surface area (Å²) in [6.07, 6.45) is 0. The highest BCUT2D eigenvalue weighted by atomic mass is 35.5. The summed E-state index contributed by atoms with van der Waals surface area (Å²) >= 11 is 5.89. The Morgan fingerprint density at radius 3 is 2.70 bits per heavy atom. The SMILES string of the molecule is CNC(=O)C1CN(C(=O)Nc2cc(Cl)ccc2OC)C1. The average molecular weight is 298 g/mol. The first kappa shape index (κ1) is 14.5. The van der Waals surface area contributed by atoms with Crippen LogP contribution in [0.15, 0.2) is 18.2 Å². The molecule has 0 aromatic heterocycles. The monoisotopic (exact) mass is 297 g/mol. The molecule has 0 bridgehead atoms. The van der Waals surface area contributed by atoms with Crippen molar-refractivity contribution in [2.45, 2.75) is 0 Å². The summed E-state index contributed by atoms with van der Waals surface area (Å²) in [4.78, 5) is 24.9. The van der Waals surface area contributed by atoms with Crippen molar-refractivity contribution in [1.29, 1.82) is 0 Å². The molecule has 0 unspecified atom stereocenters. The lowest BCUT2D eigenvalue weighted by molar-refractivity contribution is -0.128. The van der Waals surface area contributed by atoms with E-state index in [2.05, 4.69) is 10.6 Å². The molecule has 3 amide bonds. The maximum Gasteiger partial charge on any atom is 0.321 e. The molecule has 1 saturated heterocycles. The van der Waals surface area contributed by atoms with E-state index in [4.69, 9.17) is 16.3 Å². The number of rotatable bonds is 3. The Kier molecular flexibility index (Phi) is 4.34. The summed E-state index contributed by atoms with van der Waals surface area (Å²) in [5.41, 5.74) is 0.508. The molecule has 1 aromatic carbocycles. The van der Waals surface area contributed by atoms with Crippen molar-refractivity contribution < 1.29 is 14.3 Å². The van der Waals surface area contributed by atoms with Crippen molar-refractivity contribution in [2.75, 3.05) is 32.6 Å². The van der Waals surface area contributed by atoms with Crippen LogP contribution in [0.3, 0.4) is 0 Å². The number of hydrogen-bond donors (Lipinski definition) is 2. The number of hydrogen-bond acceptors (Lipinski definition) is 3. The van der Waals surface area contributed by atoms with Gasteiger partial charge in [0.25, 0.3) is 0 Å². The molecule has 0 aliphatic carbocycles. The predicted molar refractivity (Wildman–Crippen MR) is 76.2 cm³/mol. The second kappa shape index (κ2) is 6.00. The van der Waals surface area contributed by atoms with Gasteiger partial charge in [0.2, 0.25) is 5.91 Å². The first-order valence-corrected chi connectivity index (χ1v) is 6.54. The Bertz CT molecular complexity index is 530. The van der Waals surface area contributed by atoms with E-state index in [0.717, 1.165) is 0 Å². The third-order valence-corrected chi connectivity index (χ3v) is 3.42. The van der Waals surface area contributed by atoms with Gasteiger partial charge in [-0.25, -0.2) is 4.79 Å². The van der Waals surface area contributed by atoms with Gasteiger partial charge in [-0.05, 0) is 18.2 Å². The summed E-state index contributed by atoms with van der Waals surface area (Å²) in [6.45, 7) is 0.822. The van der Waals surface area contributed by atoms with E-state index in [1.54, 1.807) is 30.1 Å². The molecule has 6 nitrogen and oxygen atoms in total. The molecule has 1 aliphatic rings. The van der Waals surface area contributed by atoms with Crippen LogP contribution < -0.4 is 15.4 Å². The van der Waals surface area contributed by atoms with E-state index in [-0.39, 0.29) is 17.9 Å². The number of carbonyl (C=O) groups is 2. The Labute approximate surface area is 122 Å². The number of nitrogens with one attached hydrogen (secondary N) is 2. The van der Waals surface area contributed by atoms with Crippen LogP contribution in [0.2, 0.25) is 5.02 Å². The Morgan fingerprint density at radius 2 is 2.10 bits per heavy atom. The maximum atomic E-state index is 12.0. The van der Waals surface area contributed by atoms with Gasteiger partial charge >= 0.3 is 6.03 Å². The second-order valence-electron chi connectivity index (χ2n) is 4.49. The Morgan fingerprint density at radius 1 is 1.40 bits per heavy atom. The third-order valence-electron chi connectivity index (χ3n) is 3.19. The zero-order chi connectivity index (χ0) is 14.7. The lowest BCUT2D eigenvalue weighted by atomic mass is 10.00. The first-order valence-electron chi connectivity index (χ1n) is 6.16. The minimum absolute atomic E-state index is 0.0469. The topological polar surface area (TPSA) is 70.7 Å². The zero-order valence-electron chi connectivity index (χ0n) is 11.3. The van der Waals surface area contributed by atoms with Crippen molar-refractivity contribution >= 4 is 29.2 Å². The van der Waals surface area contributed by atoms with E-state index in [9.17, 15) is 9.59 Å². The molecule has 1 fully saturated rings. The summed E-state index contributed by atoms with van der Waals surface area (Å²) in [7, 11) is 3.10. The molecular formula is C13H16ClN3O3. The van der Waals surface area contributed by atoms with Gasteiger partial charge in [-0.3, -0.25) is 4.79 Å². The number of ether oxygens (including phenoxy) is 1. The average Bonchev–Trinajstić information content (AvgIpc) is 2.37. The van der Waals surface area contributed by atoms with Crippen molar-refractivity contribution in [3.05, 3.63) is 23.2 Å². The maximum absolute atomic E-state index is 12.0. The van der Waals surface area contributed by atoms with Crippen LogP contribution in [0, 0.1) is 5.92 Å². The van der Waals surface area contributed by atoms with E-state index < -0.39 is 0 Å². The molecule has 0 saturated carbocycles. The van der Waals surface area contributed by atoms with Crippen LogP contribution >= 0.6 is 11.6 Å². The van der Waals surface area contributed by atoms with Crippen LogP contribution in [-0.2, 0) is 4.79 Å². The molecule has 1 aromatic rings. The van der Waals surface area contributed by atoms with Crippen LogP contribution in [0.5, 0.6) is 5.75 Å². The zero-order valence-corrected chi connectivity index (χ0v) is 12.0. The molecule has 1 heterocycles. The normalized spacial score (nSPS) is 14.4. The van der Waals surface area contributed by atoms with Gasteiger partial charge in [0.05, 0.1) is 18.7 Å². The number of likely N-dealkylation sites (tertiary alicyclic amines) is 1. The summed E-state index contributed by atoms with van der Waals surface area (Å²) < 4.78 is 5.15. The minimum atomic E-state index is -0.272. The third kappa shape index (κ3) is 2.96. The lowest BCUT2D eigenvalue weighted by Crippen LogP contribution is -2.56. The highest BCUT2D eigenvalue weighted by Crippen LogP contribution is 2.28. The number of nitrogens with zero attached hydrogens (tertiary/aromatic N) is 1. The molecule has 2 N–H and O–H groups in total. The lowest BCUT2D eigenvalue weighted by Gasteiger charge is -2.37. The number of amides is 3. The van der Waals surface area contributed by atoms with Gasteiger partial charge in [0.1, 0.15) is 5.75 Å². The Hall–Kier alpha value is -1.95. The van der Waals surface area contributed by atoms with Gasteiger partial charge in [0, 0.05) is 25.2 Å². The molecule has 0 radical (unpaired) electrons. The predicted octanol–water partition coefficient (Wildman–Crippen LogP) is 1.56. The molecule has 7 heteroatoms. The molecule has 108 valence electrons. The van der Waals surface area contributed by atoms with E-state index in [1.165, 1.54) is 7.11 Å². The van der Waals surface area contributed by atoms with Crippen LogP contribution in [-0.4, -0.2) is 44.1 Å². The van der Waals surface area contributed by atoms with Crippen LogP contribution in [0.1, 0.15) is 0 Å². The summed E-state index contributed by atoms with van der Waals surface area (Å²) in [6, 6.07) is 4.71. The molecule has 20 heavy (non-hydrogen) atoms. The quantitative estimate of drug-likeness (QED) is 0.889. The van der Waals surface area contributed by atoms with Crippen molar-refractivity contribution in [3.63, 3.8) is 0 Å². The second-order valence-corrected chi connectivity index (χ2v) is 4.93. The fraction of sp³-hybridized carbons (Fsp3) is 0.385. The summed E-state index contributed by atoms with van der Waals surface area (Å²) in [5.74, 6) is 0.354. The highest BCUT2D eigenvalue weighted by Gasteiger charge is 2.35. The summed E-state index contributed by atoms with van der Waals surface area (Å²) in [5, 5.41) is 5.80. The van der Waals surface area contributed by atoms with E-state index >= 15 is 0 Å². The standard InChI is InChI=1S/C13H16ClN3O3/c1-15-12(18)8-6-17(7-8)13(19)16-10-5-9(14)3-4-11(10)20-2/h3-5,8H,6-7H2,1-2H3,(H,15,18)(H,16,19). The number of halogens is 1. The molecular weight excluding hydrogens is 282 g/mol. The fourth-order valence-electron chi connectivity index (χ4n) is 1.99. The largest absolute Gasteiger partial charge is 0.495 e. The molecule has 0 atom stereocenters. The molecule has 1 aliphatic heterocycles. The van der Waals surface area contributed by atoms with Gasteiger partial charge < -0.3 is 20.3 Å². The number of carbonyl (C=O) groups excluding carboxylic acids is 2. The fourth-order valence-corrected chi connectivity index (χ4v) is 2.16. The van der Waals surface area contributed by atoms with Crippen LogP contribution in [0.25, 0.3) is 0 Å². The Balaban J connectivity index is 1.96. The highest BCUT2D eigenvalue weighted by molar-refractivity contribution is 6.31. The number of methoxy groups -OCH3 is 1. The van der Waals surface area contributed by atoms with Crippen molar-refractivity contribution in [3.8, 4) is 5.75 Å². The van der Waals surface area contributed by atoms with Gasteiger partial charge in [-0.2, -0.15) is 0 Å². The number of benzene rings is 1. The molecule has 0 spiro atoms. The van der Waals surface area contributed by atoms with E-state index in [1.807, 2.05) is 0 Å². The van der Waals surface area contributed by atoms with Gasteiger partial charge in [-0.1, -0.05) is 11.6 Å². The smallest absolute Gasteiger partial charge is 0.321 e. The van der Waals surface area contributed by atoms with Gasteiger partial charge in [0.15, 0.2) is 0 Å². The molecule has 2 rings (SSSR count). The van der Waals surface area contributed by atoms with Crippen molar-refractivity contribution in [1.82, 2.24) is 10.2 Å². The van der Waals surface area contributed by atoms with Gasteiger partial charge in [-0.15, -0.1) is 0 Å².